The highest BCUT2D eigenvalue weighted by molar-refractivity contribution is 7.91. The third kappa shape index (κ3) is 2.38. The standard InChI is InChI=1S/C13H20N2O4S2/c1-19-11-8-12(20-14-11)21(17,18)15-7-3-6-13(9-16)5-2-4-10(13)15/h8,10,16H,2-7,9H2,1H3/t10-,13-/m1/s1. The summed E-state index contributed by atoms with van der Waals surface area (Å²) in [4.78, 5) is 0. The zero-order valence-corrected chi connectivity index (χ0v) is 13.6. The van der Waals surface area contributed by atoms with Crippen LogP contribution in [0.15, 0.2) is 10.3 Å². The molecule has 0 amide bonds. The van der Waals surface area contributed by atoms with Crippen LogP contribution in [0.2, 0.25) is 0 Å². The van der Waals surface area contributed by atoms with Crippen LogP contribution >= 0.6 is 11.5 Å². The topological polar surface area (TPSA) is 79.7 Å². The van der Waals surface area contributed by atoms with Gasteiger partial charge in [-0.05, 0) is 37.2 Å². The van der Waals surface area contributed by atoms with Crippen molar-refractivity contribution in [2.45, 2.75) is 42.4 Å². The van der Waals surface area contributed by atoms with Gasteiger partial charge >= 0.3 is 0 Å². The molecule has 2 fully saturated rings. The Morgan fingerprint density at radius 1 is 1.52 bits per heavy atom. The quantitative estimate of drug-likeness (QED) is 0.903. The molecule has 1 N–H and O–H groups in total. The molecule has 1 aliphatic carbocycles. The van der Waals surface area contributed by atoms with Crippen LogP contribution < -0.4 is 4.74 Å². The first kappa shape index (κ1) is 15.2. The van der Waals surface area contributed by atoms with Gasteiger partial charge in [0.05, 0.1) is 13.7 Å². The predicted molar refractivity (Wildman–Crippen MR) is 78.9 cm³/mol. The molecular weight excluding hydrogens is 312 g/mol. The van der Waals surface area contributed by atoms with Crippen LogP contribution in [0.1, 0.15) is 32.1 Å². The second-order valence-electron chi connectivity index (χ2n) is 5.84. The highest BCUT2D eigenvalue weighted by Crippen LogP contribution is 2.49. The second-order valence-corrected chi connectivity index (χ2v) is 8.76. The van der Waals surface area contributed by atoms with Gasteiger partial charge in [0.1, 0.15) is 0 Å². The Labute approximate surface area is 128 Å². The van der Waals surface area contributed by atoms with Crippen molar-refractivity contribution in [3.05, 3.63) is 6.07 Å². The summed E-state index contributed by atoms with van der Waals surface area (Å²) >= 11 is 0.948. The minimum atomic E-state index is -3.56. The van der Waals surface area contributed by atoms with E-state index >= 15 is 0 Å². The second kappa shape index (κ2) is 5.49. The third-order valence-electron chi connectivity index (χ3n) is 4.81. The monoisotopic (exact) mass is 332 g/mol. The average molecular weight is 332 g/mol. The maximum atomic E-state index is 12.9. The largest absolute Gasteiger partial charge is 0.480 e. The lowest BCUT2D eigenvalue weighted by molar-refractivity contribution is 0.0329. The summed E-state index contributed by atoms with van der Waals surface area (Å²) in [6, 6.07) is 1.39. The molecule has 2 atom stereocenters. The number of ether oxygens (including phenoxy) is 1. The maximum absolute atomic E-state index is 12.9. The molecule has 1 saturated heterocycles. The Morgan fingerprint density at radius 2 is 2.29 bits per heavy atom. The van der Waals surface area contributed by atoms with Gasteiger partial charge in [0.15, 0.2) is 4.21 Å². The van der Waals surface area contributed by atoms with Gasteiger partial charge in [-0.25, -0.2) is 8.42 Å². The first-order valence-corrected chi connectivity index (χ1v) is 9.38. The third-order valence-corrected chi connectivity index (χ3v) is 7.92. The normalized spacial score (nSPS) is 30.3. The molecule has 21 heavy (non-hydrogen) atoms. The Balaban J connectivity index is 1.94. The Kier molecular flexibility index (Phi) is 3.98. The van der Waals surface area contributed by atoms with Crippen LogP contribution in [0.4, 0.5) is 0 Å². The van der Waals surface area contributed by atoms with Gasteiger partial charge in [-0.3, -0.25) is 0 Å². The number of nitrogens with zero attached hydrogens (tertiary/aromatic N) is 2. The SMILES string of the molecule is COc1cc(S(=O)(=O)N2CCC[C@@]3(CO)CCC[C@@H]23)sn1. The van der Waals surface area contributed by atoms with Crippen LogP contribution in [-0.4, -0.2) is 48.5 Å². The molecule has 6 nitrogen and oxygen atoms in total. The fourth-order valence-electron chi connectivity index (χ4n) is 3.73. The molecule has 1 aliphatic heterocycles. The summed E-state index contributed by atoms with van der Waals surface area (Å²) in [5.41, 5.74) is -0.250. The van der Waals surface area contributed by atoms with E-state index in [9.17, 15) is 13.5 Å². The Hall–Kier alpha value is -0.700. The van der Waals surface area contributed by atoms with Crippen LogP contribution in [0.3, 0.4) is 0 Å². The number of aliphatic hydroxyl groups excluding tert-OH is 1. The molecule has 1 aromatic heterocycles. The maximum Gasteiger partial charge on any atom is 0.254 e. The van der Waals surface area contributed by atoms with E-state index in [1.165, 1.54) is 13.2 Å². The van der Waals surface area contributed by atoms with E-state index in [0.29, 0.717) is 12.4 Å². The van der Waals surface area contributed by atoms with Crippen molar-refractivity contribution >= 4 is 21.6 Å². The molecule has 8 heteroatoms. The summed E-state index contributed by atoms with van der Waals surface area (Å²) in [5.74, 6) is 0.329. The van der Waals surface area contributed by atoms with Crippen molar-refractivity contribution < 1.29 is 18.3 Å². The van der Waals surface area contributed by atoms with Crippen molar-refractivity contribution in [3.8, 4) is 5.88 Å². The van der Waals surface area contributed by atoms with Gasteiger partial charge in [0.25, 0.3) is 10.0 Å². The number of methoxy groups -OCH3 is 1. The zero-order valence-electron chi connectivity index (χ0n) is 12.0. The zero-order chi connectivity index (χ0) is 15.1. The van der Waals surface area contributed by atoms with E-state index in [-0.39, 0.29) is 22.3 Å². The number of hydrogen-bond donors (Lipinski definition) is 1. The van der Waals surface area contributed by atoms with Crippen molar-refractivity contribution in [2.75, 3.05) is 20.3 Å². The van der Waals surface area contributed by atoms with Crippen LogP contribution in [-0.2, 0) is 10.0 Å². The van der Waals surface area contributed by atoms with Crippen LogP contribution in [0, 0.1) is 5.41 Å². The van der Waals surface area contributed by atoms with Gasteiger partial charge in [0, 0.05) is 24.1 Å². The molecule has 118 valence electrons. The molecule has 0 spiro atoms. The first-order chi connectivity index (χ1) is 10.0. The van der Waals surface area contributed by atoms with Gasteiger partial charge in [-0.1, -0.05) is 6.42 Å². The molecule has 0 bridgehead atoms. The minimum Gasteiger partial charge on any atom is -0.480 e. The molecule has 3 rings (SSSR count). The summed E-state index contributed by atoms with van der Waals surface area (Å²) < 4.78 is 36.5. The number of aliphatic hydroxyl groups is 1. The lowest BCUT2D eigenvalue weighted by atomic mass is 9.77. The highest BCUT2D eigenvalue weighted by Gasteiger charge is 2.51. The minimum absolute atomic E-state index is 0.0652. The fraction of sp³-hybridized carbons (Fsp3) is 0.769. The summed E-state index contributed by atoms with van der Waals surface area (Å²) in [6.45, 7) is 0.588. The van der Waals surface area contributed by atoms with Gasteiger partial charge in [0.2, 0.25) is 5.88 Å². The van der Waals surface area contributed by atoms with Gasteiger partial charge < -0.3 is 9.84 Å². The van der Waals surface area contributed by atoms with Gasteiger partial charge in [-0.2, -0.15) is 8.68 Å². The first-order valence-electron chi connectivity index (χ1n) is 7.17. The van der Waals surface area contributed by atoms with E-state index in [2.05, 4.69) is 4.37 Å². The fourth-order valence-corrected chi connectivity index (χ4v) is 6.48. The number of hydrogen-bond acceptors (Lipinski definition) is 6. The molecule has 2 aliphatic rings. The van der Waals surface area contributed by atoms with E-state index < -0.39 is 10.0 Å². The van der Waals surface area contributed by atoms with Gasteiger partial charge in [-0.15, -0.1) is 0 Å². The highest BCUT2D eigenvalue weighted by atomic mass is 32.2. The van der Waals surface area contributed by atoms with Crippen LogP contribution in [0.5, 0.6) is 5.88 Å². The summed E-state index contributed by atoms with van der Waals surface area (Å²) in [5, 5.41) is 9.80. The summed E-state index contributed by atoms with van der Waals surface area (Å²) in [6.07, 6.45) is 4.42. The van der Waals surface area contributed by atoms with Crippen molar-refractivity contribution in [1.82, 2.24) is 8.68 Å². The number of sulfonamides is 1. The Bertz CT molecular complexity index is 615. The van der Waals surface area contributed by atoms with Crippen molar-refractivity contribution in [3.63, 3.8) is 0 Å². The van der Waals surface area contributed by atoms with Crippen LogP contribution in [0.25, 0.3) is 0 Å². The smallest absolute Gasteiger partial charge is 0.254 e. The van der Waals surface area contributed by atoms with E-state index in [1.54, 1.807) is 4.31 Å². The Morgan fingerprint density at radius 3 is 2.95 bits per heavy atom. The number of piperidine rings is 1. The molecule has 0 aromatic carbocycles. The van der Waals surface area contributed by atoms with Crippen molar-refractivity contribution in [1.29, 1.82) is 0 Å². The lowest BCUT2D eigenvalue weighted by Gasteiger charge is -2.44. The average Bonchev–Trinajstić information content (AvgIpc) is 3.13. The molecule has 1 aromatic rings. The lowest BCUT2D eigenvalue weighted by Crippen LogP contribution is -2.53. The number of aromatic nitrogens is 1. The van der Waals surface area contributed by atoms with Crippen molar-refractivity contribution in [2.24, 2.45) is 5.41 Å². The molecule has 0 unspecified atom stereocenters. The molecule has 2 heterocycles. The molecule has 1 saturated carbocycles. The number of rotatable bonds is 4. The number of fused-ring (bicyclic) bond motifs is 1. The predicted octanol–water partition coefficient (Wildman–Crippen LogP) is 1.47. The van der Waals surface area contributed by atoms with E-state index in [0.717, 1.165) is 43.6 Å². The van der Waals surface area contributed by atoms with E-state index in [1.807, 2.05) is 0 Å². The van der Waals surface area contributed by atoms with E-state index in [4.69, 9.17) is 4.74 Å². The summed E-state index contributed by atoms with van der Waals surface area (Å²) in [7, 11) is -2.08. The molecule has 0 radical (unpaired) electrons. The molecular formula is C13H20N2O4S2.